The van der Waals surface area contributed by atoms with Crippen molar-refractivity contribution in [2.75, 3.05) is 6.54 Å². The van der Waals surface area contributed by atoms with Crippen LogP contribution in [0.5, 0.6) is 0 Å². The summed E-state index contributed by atoms with van der Waals surface area (Å²) in [5, 5.41) is 4.30. The summed E-state index contributed by atoms with van der Waals surface area (Å²) in [6, 6.07) is 10.2. The van der Waals surface area contributed by atoms with Gasteiger partial charge in [0, 0.05) is 11.9 Å². The molecular weight excluding hydrogens is 186 g/mol. The molecule has 15 heavy (non-hydrogen) atoms. The van der Waals surface area contributed by atoms with E-state index in [1.54, 1.807) is 0 Å². The molecule has 0 atom stereocenters. The molecule has 2 rings (SSSR count). The third-order valence-corrected chi connectivity index (χ3v) is 2.47. The topological polar surface area (TPSA) is 43.8 Å². The van der Waals surface area contributed by atoms with Crippen molar-refractivity contribution in [3.8, 4) is 5.69 Å². The van der Waals surface area contributed by atoms with Gasteiger partial charge in [-0.15, -0.1) is 0 Å². The second-order valence-corrected chi connectivity index (χ2v) is 3.55. The number of nitrogens with two attached hydrogens (primary N) is 1. The molecule has 0 saturated carbocycles. The van der Waals surface area contributed by atoms with Crippen LogP contribution in [0.15, 0.2) is 36.5 Å². The molecule has 3 nitrogen and oxygen atoms in total. The van der Waals surface area contributed by atoms with Crippen molar-refractivity contribution in [3.05, 3.63) is 47.8 Å². The van der Waals surface area contributed by atoms with E-state index in [0.717, 1.165) is 17.8 Å². The summed E-state index contributed by atoms with van der Waals surface area (Å²) in [5.74, 6) is 0. The van der Waals surface area contributed by atoms with Crippen LogP contribution >= 0.6 is 0 Å². The molecule has 0 aliphatic rings. The number of nitrogens with zero attached hydrogens (tertiary/aromatic N) is 2. The number of benzene rings is 1. The van der Waals surface area contributed by atoms with Crippen LogP contribution in [0.4, 0.5) is 0 Å². The lowest BCUT2D eigenvalue weighted by Crippen LogP contribution is -2.08. The first-order chi connectivity index (χ1) is 7.33. The van der Waals surface area contributed by atoms with E-state index in [1.807, 2.05) is 36.0 Å². The van der Waals surface area contributed by atoms with Crippen LogP contribution in [0.1, 0.15) is 11.3 Å². The average Bonchev–Trinajstić information content (AvgIpc) is 2.66. The van der Waals surface area contributed by atoms with Crippen LogP contribution in [0.25, 0.3) is 5.69 Å². The van der Waals surface area contributed by atoms with Crippen LogP contribution in [0.3, 0.4) is 0 Å². The number of hydrogen-bond donors (Lipinski definition) is 1. The Morgan fingerprint density at radius 1 is 1.27 bits per heavy atom. The van der Waals surface area contributed by atoms with Crippen molar-refractivity contribution in [3.63, 3.8) is 0 Å². The standard InChI is InChI=1S/C12H15N3/c1-10-7-9-14-15(10)12-5-3-2-4-11(12)6-8-13/h2-5,7,9H,6,8,13H2,1H3. The Kier molecular flexibility index (Phi) is 2.83. The normalized spacial score (nSPS) is 10.5. The molecule has 1 aromatic carbocycles. The highest BCUT2D eigenvalue weighted by molar-refractivity contribution is 5.41. The summed E-state index contributed by atoms with van der Waals surface area (Å²) in [6.07, 6.45) is 2.70. The zero-order valence-electron chi connectivity index (χ0n) is 8.85. The molecule has 0 bridgehead atoms. The molecule has 1 heterocycles. The molecule has 78 valence electrons. The van der Waals surface area contributed by atoms with Crippen LogP contribution in [0.2, 0.25) is 0 Å². The lowest BCUT2D eigenvalue weighted by Gasteiger charge is -2.09. The van der Waals surface area contributed by atoms with E-state index in [-0.39, 0.29) is 0 Å². The third-order valence-electron chi connectivity index (χ3n) is 2.47. The Bertz CT molecular complexity index is 446. The van der Waals surface area contributed by atoms with Gasteiger partial charge in [0.1, 0.15) is 0 Å². The fourth-order valence-corrected chi connectivity index (χ4v) is 1.71. The molecule has 0 amide bonds. The van der Waals surface area contributed by atoms with Crippen molar-refractivity contribution in [1.29, 1.82) is 0 Å². The Labute approximate surface area is 89.5 Å². The highest BCUT2D eigenvalue weighted by atomic mass is 15.3. The Hall–Kier alpha value is -1.61. The second-order valence-electron chi connectivity index (χ2n) is 3.55. The second kappa shape index (κ2) is 4.28. The number of aryl methyl sites for hydroxylation is 1. The van der Waals surface area contributed by atoms with Crippen molar-refractivity contribution in [2.45, 2.75) is 13.3 Å². The predicted octanol–water partition coefficient (Wildman–Crippen LogP) is 1.68. The molecule has 0 saturated heterocycles. The van der Waals surface area contributed by atoms with Gasteiger partial charge in [0.15, 0.2) is 0 Å². The lowest BCUT2D eigenvalue weighted by atomic mass is 10.1. The van der Waals surface area contributed by atoms with E-state index in [0.29, 0.717) is 6.54 Å². The average molecular weight is 201 g/mol. The Morgan fingerprint density at radius 2 is 2.07 bits per heavy atom. The van der Waals surface area contributed by atoms with Gasteiger partial charge in [0.25, 0.3) is 0 Å². The Balaban J connectivity index is 2.48. The summed E-state index contributed by atoms with van der Waals surface area (Å²) in [7, 11) is 0. The molecule has 3 heteroatoms. The third kappa shape index (κ3) is 1.92. The predicted molar refractivity (Wildman–Crippen MR) is 61.1 cm³/mol. The summed E-state index contributed by atoms with van der Waals surface area (Å²) in [5.41, 5.74) is 9.10. The van der Waals surface area contributed by atoms with E-state index in [1.165, 1.54) is 5.56 Å². The fourth-order valence-electron chi connectivity index (χ4n) is 1.71. The van der Waals surface area contributed by atoms with E-state index in [2.05, 4.69) is 17.2 Å². The minimum absolute atomic E-state index is 0.664. The molecule has 2 N–H and O–H groups in total. The maximum atomic E-state index is 5.59. The number of para-hydroxylation sites is 1. The van der Waals surface area contributed by atoms with Gasteiger partial charge in [-0.05, 0) is 37.6 Å². The van der Waals surface area contributed by atoms with Gasteiger partial charge in [-0.2, -0.15) is 5.10 Å². The first-order valence-corrected chi connectivity index (χ1v) is 5.12. The molecule has 0 fully saturated rings. The first-order valence-electron chi connectivity index (χ1n) is 5.12. The quantitative estimate of drug-likeness (QED) is 0.821. The van der Waals surface area contributed by atoms with Crippen LogP contribution in [0, 0.1) is 6.92 Å². The van der Waals surface area contributed by atoms with Gasteiger partial charge in [-0.3, -0.25) is 0 Å². The minimum Gasteiger partial charge on any atom is -0.330 e. The van der Waals surface area contributed by atoms with Crippen LogP contribution in [-0.2, 0) is 6.42 Å². The molecule has 2 aromatic rings. The molecule has 0 aliphatic carbocycles. The molecule has 0 aliphatic heterocycles. The summed E-state index contributed by atoms with van der Waals surface area (Å²) < 4.78 is 1.95. The van der Waals surface area contributed by atoms with Gasteiger partial charge in [0.05, 0.1) is 5.69 Å². The number of rotatable bonds is 3. The molecule has 0 radical (unpaired) electrons. The summed E-state index contributed by atoms with van der Waals surface area (Å²) in [4.78, 5) is 0. The van der Waals surface area contributed by atoms with Crippen molar-refractivity contribution in [1.82, 2.24) is 9.78 Å². The first kappa shape index (κ1) is 9.93. The largest absolute Gasteiger partial charge is 0.330 e. The molecule has 0 spiro atoms. The molecule has 1 aromatic heterocycles. The van der Waals surface area contributed by atoms with Gasteiger partial charge in [-0.25, -0.2) is 4.68 Å². The summed E-state index contributed by atoms with van der Waals surface area (Å²) in [6.45, 7) is 2.71. The van der Waals surface area contributed by atoms with Crippen LogP contribution < -0.4 is 5.73 Å². The highest BCUT2D eigenvalue weighted by Crippen LogP contribution is 2.15. The van der Waals surface area contributed by atoms with E-state index in [4.69, 9.17) is 5.73 Å². The highest BCUT2D eigenvalue weighted by Gasteiger charge is 2.05. The summed E-state index contributed by atoms with van der Waals surface area (Å²) >= 11 is 0. The van der Waals surface area contributed by atoms with Gasteiger partial charge in [-0.1, -0.05) is 18.2 Å². The maximum absolute atomic E-state index is 5.59. The van der Waals surface area contributed by atoms with E-state index < -0.39 is 0 Å². The SMILES string of the molecule is Cc1ccnn1-c1ccccc1CCN. The van der Waals surface area contributed by atoms with Gasteiger partial charge in [0.2, 0.25) is 0 Å². The zero-order valence-corrected chi connectivity index (χ0v) is 8.85. The molecular formula is C12H15N3. The van der Waals surface area contributed by atoms with Crippen LogP contribution in [-0.4, -0.2) is 16.3 Å². The minimum atomic E-state index is 0.664. The molecule has 0 unspecified atom stereocenters. The maximum Gasteiger partial charge on any atom is 0.0681 e. The van der Waals surface area contributed by atoms with E-state index >= 15 is 0 Å². The smallest absolute Gasteiger partial charge is 0.0681 e. The van der Waals surface area contributed by atoms with Crippen molar-refractivity contribution in [2.24, 2.45) is 5.73 Å². The van der Waals surface area contributed by atoms with Crippen molar-refractivity contribution < 1.29 is 0 Å². The monoisotopic (exact) mass is 201 g/mol. The van der Waals surface area contributed by atoms with Gasteiger partial charge >= 0.3 is 0 Å². The zero-order chi connectivity index (χ0) is 10.7. The Morgan fingerprint density at radius 3 is 2.73 bits per heavy atom. The lowest BCUT2D eigenvalue weighted by molar-refractivity contribution is 0.824. The number of hydrogen-bond acceptors (Lipinski definition) is 2. The van der Waals surface area contributed by atoms with Crippen molar-refractivity contribution >= 4 is 0 Å². The fraction of sp³-hybridized carbons (Fsp3) is 0.250. The van der Waals surface area contributed by atoms with E-state index in [9.17, 15) is 0 Å². The number of aromatic nitrogens is 2. The van der Waals surface area contributed by atoms with Gasteiger partial charge < -0.3 is 5.73 Å².